The van der Waals surface area contributed by atoms with Crippen molar-refractivity contribution < 1.29 is 0 Å². The van der Waals surface area contributed by atoms with Gasteiger partial charge in [-0.25, -0.2) is 0 Å². The van der Waals surface area contributed by atoms with E-state index in [9.17, 15) is 0 Å². The maximum atomic E-state index is 5.01. The van der Waals surface area contributed by atoms with Crippen LogP contribution in [0, 0.1) is 0 Å². The molecule has 0 saturated carbocycles. The standard InChI is InChI=1S/C23H18BrN/c24-20-12-11-19-15-21(13-17-7-3-1-4-8-17)25-23(22(19)16-20)14-18-9-5-2-6-10-18/h1-12,15-16H,13-14H2. The zero-order valence-corrected chi connectivity index (χ0v) is 15.4. The molecule has 0 bridgehead atoms. The second-order valence-electron chi connectivity index (χ2n) is 6.25. The molecule has 122 valence electrons. The van der Waals surface area contributed by atoms with Crippen molar-refractivity contribution in [3.8, 4) is 0 Å². The van der Waals surface area contributed by atoms with Gasteiger partial charge in [-0.15, -0.1) is 0 Å². The minimum atomic E-state index is 0.844. The largest absolute Gasteiger partial charge is 0.257 e. The molecule has 0 aliphatic carbocycles. The number of aromatic nitrogens is 1. The van der Waals surface area contributed by atoms with Gasteiger partial charge in [-0.1, -0.05) is 82.7 Å². The average molecular weight is 388 g/mol. The zero-order valence-electron chi connectivity index (χ0n) is 13.8. The fraction of sp³-hybridized carbons (Fsp3) is 0.0870. The van der Waals surface area contributed by atoms with Crippen LogP contribution in [0.1, 0.15) is 22.5 Å². The van der Waals surface area contributed by atoms with E-state index in [1.807, 2.05) is 0 Å². The van der Waals surface area contributed by atoms with E-state index >= 15 is 0 Å². The summed E-state index contributed by atoms with van der Waals surface area (Å²) >= 11 is 3.60. The molecule has 0 N–H and O–H groups in total. The lowest BCUT2D eigenvalue weighted by atomic mass is 10.0. The summed E-state index contributed by atoms with van der Waals surface area (Å²) in [6, 6.07) is 29.7. The van der Waals surface area contributed by atoms with E-state index in [1.165, 1.54) is 21.9 Å². The van der Waals surface area contributed by atoms with E-state index in [-0.39, 0.29) is 0 Å². The number of halogens is 1. The van der Waals surface area contributed by atoms with Gasteiger partial charge in [-0.3, -0.25) is 4.98 Å². The zero-order chi connectivity index (χ0) is 17.1. The van der Waals surface area contributed by atoms with Crippen LogP contribution in [0.4, 0.5) is 0 Å². The highest BCUT2D eigenvalue weighted by molar-refractivity contribution is 9.10. The van der Waals surface area contributed by atoms with Gasteiger partial charge in [-0.05, 0) is 34.7 Å². The van der Waals surface area contributed by atoms with Gasteiger partial charge in [0.2, 0.25) is 0 Å². The summed E-state index contributed by atoms with van der Waals surface area (Å²) in [4.78, 5) is 5.01. The summed E-state index contributed by atoms with van der Waals surface area (Å²) in [7, 11) is 0. The quantitative estimate of drug-likeness (QED) is 0.407. The summed E-state index contributed by atoms with van der Waals surface area (Å²) in [5, 5.41) is 2.46. The van der Waals surface area contributed by atoms with Crippen LogP contribution in [-0.2, 0) is 12.8 Å². The molecule has 0 fully saturated rings. The average Bonchev–Trinajstić information content (AvgIpc) is 2.64. The summed E-state index contributed by atoms with van der Waals surface area (Å²) < 4.78 is 1.09. The molecular weight excluding hydrogens is 370 g/mol. The fourth-order valence-electron chi connectivity index (χ4n) is 3.17. The van der Waals surface area contributed by atoms with E-state index in [1.54, 1.807) is 0 Å². The lowest BCUT2D eigenvalue weighted by molar-refractivity contribution is 1.01. The minimum absolute atomic E-state index is 0.844. The van der Waals surface area contributed by atoms with Crippen molar-refractivity contribution in [2.45, 2.75) is 12.8 Å². The SMILES string of the molecule is Brc1ccc2cc(Cc3ccccc3)nc(Cc3ccccc3)c2c1. The van der Waals surface area contributed by atoms with E-state index in [0.717, 1.165) is 28.7 Å². The number of pyridine rings is 1. The van der Waals surface area contributed by atoms with E-state index in [2.05, 4.69) is 101 Å². The Balaban J connectivity index is 1.79. The molecule has 2 heteroatoms. The van der Waals surface area contributed by atoms with Crippen LogP contribution in [0.25, 0.3) is 10.8 Å². The summed E-state index contributed by atoms with van der Waals surface area (Å²) in [5.74, 6) is 0. The number of nitrogens with zero attached hydrogens (tertiary/aromatic N) is 1. The third-order valence-electron chi connectivity index (χ3n) is 4.37. The summed E-state index contributed by atoms with van der Waals surface area (Å²) in [5.41, 5.74) is 4.83. The van der Waals surface area contributed by atoms with Crippen molar-refractivity contribution in [2.24, 2.45) is 0 Å². The number of fused-ring (bicyclic) bond motifs is 1. The van der Waals surface area contributed by atoms with Crippen LogP contribution in [0.5, 0.6) is 0 Å². The molecule has 0 aliphatic heterocycles. The van der Waals surface area contributed by atoms with Gasteiger partial charge in [-0.2, -0.15) is 0 Å². The van der Waals surface area contributed by atoms with Crippen molar-refractivity contribution in [1.29, 1.82) is 0 Å². The number of hydrogen-bond acceptors (Lipinski definition) is 1. The molecule has 25 heavy (non-hydrogen) atoms. The van der Waals surface area contributed by atoms with Gasteiger partial charge in [0.15, 0.2) is 0 Å². The van der Waals surface area contributed by atoms with Crippen molar-refractivity contribution >= 4 is 26.7 Å². The molecule has 3 aromatic carbocycles. The Morgan fingerprint density at radius 2 is 1.32 bits per heavy atom. The molecule has 0 atom stereocenters. The Labute approximate surface area is 156 Å². The van der Waals surface area contributed by atoms with Crippen molar-refractivity contribution in [1.82, 2.24) is 4.98 Å². The topological polar surface area (TPSA) is 12.9 Å². The van der Waals surface area contributed by atoms with E-state index < -0.39 is 0 Å². The molecule has 0 spiro atoms. The van der Waals surface area contributed by atoms with Gasteiger partial charge < -0.3 is 0 Å². The third-order valence-corrected chi connectivity index (χ3v) is 4.86. The molecule has 0 amide bonds. The van der Waals surface area contributed by atoms with Crippen LogP contribution < -0.4 is 0 Å². The Kier molecular flexibility index (Phi) is 4.62. The van der Waals surface area contributed by atoms with Crippen LogP contribution in [-0.4, -0.2) is 4.98 Å². The lowest BCUT2D eigenvalue weighted by Gasteiger charge is -2.11. The predicted molar refractivity (Wildman–Crippen MR) is 108 cm³/mol. The first kappa shape index (κ1) is 16.0. The summed E-state index contributed by atoms with van der Waals surface area (Å²) in [6.45, 7) is 0. The Bertz CT molecular complexity index is 994. The molecule has 0 radical (unpaired) electrons. The Morgan fingerprint density at radius 3 is 2.00 bits per heavy atom. The van der Waals surface area contributed by atoms with Crippen molar-refractivity contribution in [3.05, 3.63) is 112 Å². The van der Waals surface area contributed by atoms with Gasteiger partial charge >= 0.3 is 0 Å². The molecule has 0 unspecified atom stereocenters. The van der Waals surface area contributed by atoms with E-state index in [0.29, 0.717) is 0 Å². The molecular formula is C23H18BrN. The van der Waals surface area contributed by atoms with E-state index in [4.69, 9.17) is 4.98 Å². The van der Waals surface area contributed by atoms with Crippen molar-refractivity contribution in [2.75, 3.05) is 0 Å². The van der Waals surface area contributed by atoms with Crippen LogP contribution in [0.3, 0.4) is 0 Å². The number of hydrogen-bond donors (Lipinski definition) is 0. The predicted octanol–water partition coefficient (Wildman–Crippen LogP) is 6.18. The highest BCUT2D eigenvalue weighted by atomic mass is 79.9. The summed E-state index contributed by atoms with van der Waals surface area (Å²) in [6.07, 6.45) is 1.70. The van der Waals surface area contributed by atoms with Gasteiger partial charge in [0, 0.05) is 28.4 Å². The highest BCUT2D eigenvalue weighted by Gasteiger charge is 2.09. The first-order valence-electron chi connectivity index (χ1n) is 8.44. The second-order valence-corrected chi connectivity index (χ2v) is 7.17. The molecule has 0 aliphatic rings. The molecule has 0 saturated heterocycles. The molecule has 1 nitrogen and oxygen atoms in total. The maximum Gasteiger partial charge on any atom is 0.0529 e. The van der Waals surface area contributed by atoms with Crippen LogP contribution in [0.15, 0.2) is 89.4 Å². The lowest BCUT2D eigenvalue weighted by Crippen LogP contribution is -2.00. The normalized spacial score (nSPS) is 10.9. The highest BCUT2D eigenvalue weighted by Crippen LogP contribution is 2.25. The Morgan fingerprint density at radius 1 is 0.680 bits per heavy atom. The minimum Gasteiger partial charge on any atom is -0.257 e. The molecule has 4 rings (SSSR count). The molecule has 4 aromatic rings. The smallest absolute Gasteiger partial charge is 0.0529 e. The molecule has 1 heterocycles. The van der Waals surface area contributed by atoms with Gasteiger partial charge in [0.25, 0.3) is 0 Å². The van der Waals surface area contributed by atoms with Gasteiger partial charge in [0.1, 0.15) is 0 Å². The molecule has 1 aromatic heterocycles. The number of rotatable bonds is 4. The van der Waals surface area contributed by atoms with Gasteiger partial charge in [0.05, 0.1) is 5.69 Å². The first-order valence-corrected chi connectivity index (χ1v) is 9.23. The van der Waals surface area contributed by atoms with Crippen LogP contribution >= 0.6 is 15.9 Å². The fourth-order valence-corrected chi connectivity index (χ4v) is 3.53. The van der Waals surface area contributed by atoms with Crippen molar-refractivity contribution in [3.63, 3.8) is 0 Å². The first-order chi connectivity index (χ1) is 12.3. The number of benzene rings is 3. The third kappa shape index (κ3) is 3.80. The van der Waals surface area contributed by atoms with Crippen LogP contribution in [0.2, 0.25) is 0 Å². The Hall–Kier alpha value is -2.45. The maximum absolute atomic E-state index is 5.01. The second kappa shape index (κ2) is 7.20. The monoisotopic (exact) mass is 387 g/mol.